The summed E-state index contributed by atoms with van der Waals surface area (Å²) in [6.45, 7) is 6.61. The normalized spacial score (nSPS) is 11.7. The number of nitrogens with zero attached hydrogens (tertiary/aromatic N) is 1. The van der Waals surface area contributed by atoms with Gasteiger partial charge in [0.15, 0.2) is 0 Å². The van der Waals surface area contributed by atoms with Crippen molar-refractivity contribution in [3.05, 3.63) is 22.3 Å². The van der Waals surface area contributed by atoms with Crippen LogP contribution in [-0.4, -0.2) is 4.98 Å². The Morgan fingerprint density at radius 3 is 2.62 bits per heavy atom. The van der Waals surface area contributed by atoms with Gasteiger partial charge in [-0.15, -0.1) is 0 Å². The van der Waals surface area contributed by atoms with Gasteiger partial charge in [-0.25, -0.2) is 4.98 Å². The van der Waals surface area contributed by atoms with E-state index < -0.39 is 0 Å². The third kappa shape index (κ3) is 2.99. The monoisotopic (exact) mass is 242 g/mol. The second kappa shape index (κ2) is 3.66. The van der Waals surface area contributed by atoms with Crippen molar-refractivity contribution in [1.82, 2.24) is 4.98 Å². The van der Waals surface area contributed by atoms with Crippen molar-refractivity contribution in [3.63, 3.8) is 0 Å². The van der Waals surface area contributed by atoms with Crippen LogP contribution in [0.3, 0.4) is 0 Å². The van der Waals surface area contributed by atoms with E-state index in [4.69, 9.17) is 5.73 Å². The Balaban J connectivity index is 2.96. The molecule has 0 radical (unpaired) electrons. The second-order valence-electron chi connectivity index (χ2n) is 4.41. The summed E-state index contributed by atoms with van der Waals surface area (Å²) in [7, 11) is 0. The van der Waals surface area contributed by atoms with Crippen LogP contribution in [0.15, 0.2) is 16.7 Å². The summed E-state index contributed by atoms with van der Waals surface area (Å²) < 4.78 is 0.935. The lowest BCUT2D eigenvalue weighted by atomic mass is 9.88. The van der Waals surface area contributed by atoms with Crippen LogP contribution in [-0.2, 0) is 6.42 Å². The lowest BCUT2D eigenvalue weighted by molar-refractivity contribution is 0.410. The van der Waals surface area contributed by atoms with Crippen LogP contribution in [0.1, 0.15) is 26.3 Å². The number of pyridine rings is 1. The first-order valence-corrected chi connectivity index (χ1v) is 5.08. The van der Waals surface area contributed by atoms with Crippen LogP contribution in [0.2, 0.25) is 0 Å². The van der Waals surface area contributed by atoms with Gasteiger partial charge in [0.05, 0.1) is 4.47 Å². The fourth-order valence-electron chi connectivity index (χ4n) is 1.21. The van der Waals surface area contributed by atoms with Crippen molar-refractivity contribution in [1.29, 1.82) is 0 Å². The van der Waals surface area contributed by atoms with E-state index in [0.29, 0.717) is 5.82 Å². The van der Waals surface area contributed by atoms with E-state index in [0.717, 1.165) is 10.9 Å². The number of halogens is 1. The molecule has 0 aliphatic heterocycles. The van der Waals surface area contributed by atoms with Crippen LogP contribution >= 0.6 is 15.9 Å². The molecule has 0 saturated carbocycles. The summed E-state index contributed by atoms with van der Waals surface area (Å²) in [5, 5.41) is 0. The quantitative estimate of drug-likeness (QED) is 0.823. The second-order valence-corrected chi connectivity index (χ2v) is 5.20. The van der Waals surface area contributed by atoms with Gasteiger partial charge in [0.1, 0.15) is 5.82 Å². The lowest BCUT2D eigenvalue weighted by Gasteiger charge is -2.19. The van der Waals surface area contributed by atoms with E-state index in [-0.39, 0.29) is 5.41 Å². The minimum atomic E-state index is 0.274. The number of nitrogen functional groups attached to an aromatic ring is 1. The largest absolute Gasteiger partial charge is 0.383 e. The molecule has 0 atom stereocenters. The lowest BCUT2D eigenvalue weighted by Crippen LogP contribution is -2.10. The van der Waals surface area contributed by atoms with Crippen molar-refractivity contribution < 1.29 is 0 Å². The van der Waals surface area contributed by atoms with Crippen molar-refractivity contribution in [2.45, 2.75) is 27.2 Å². The predicted octanol–water partition coefficient (Wildman–Crippen LogP) is 3.01. The fourth-order valence-corrected chi connectivity index (χ4v) is 1.58. The molecule has 0 aromatic carbocycles. The van der Waals surface area contributed by atoms with Gasteiger partial charge in [0.25, 0.3) is 0 Å². The summed E-state index contributed by atoms with van der Waals surface area (Å²) in [4.78, 5) is 4.00. The standard InChI is InChI=1S/C10H15BrN2/c1-10(2,3)6-7-4-5-13-9(12)8(7)11/h4-5H,6H2,1-3H3,(H2,12,13). The van der Waals surface area contributed by atoms with Crippen molar-refractivity contribution in [2.24, 2.45) is 5.41 Å². The van der Waals surface area contributed by atoms with Crippen LogP contribution in [0.25, 0.3) is 0 Å². The van der Waals surface area contributed by atoms with E-state index in [1.54, 1.807) is 6.20 Å². The van der Waals surface area contributed by atoms with Gasteiger partial charge in [-0.2, -0.15) is 0 Å². The van der Waals surface area contributed by atoms with Gasteiger partial charge in [-0.1, -0.05) is 20.8 Å². The maximum atomic E-state index is 5.68. The maximum absolute atomic E-state index is 5.68. The summed E-state index contributed by atoms with van der Waals surface area (Å²) >= 11 is 3.45. The number of hydrogen-bond acceptors (Lipinski definition) is 2. The third-order valence-electron chi connectivity index (χ3n) is 1.72. The van der Waals surface area contributed by atoms with Crippen molar-refractivity contribution in [2.75, 3.05) is 5.73 Å². The molecule has 0 aliphatic carbocycles. The highest BCUT2D eigenvalue weighted by Crippen LogP contribution is 2.28. The Morgan fingerprint density at radius 2 is 2.08 bits per heavy atom. The molecule has 1 rings (SSSR count). The fraction of sp³-hybridized carbons (Fsp3) is 0.500. The van der Waals surface area contributed by atoms with Gasteiger partial charge < -0.3 is 5.73 Å². The molecule has 1 aromatic heterocycles. The minimum absolute atomic E-state index is 0.274. The van der Waals surface area contributed by atoms with Gasteiger partial charge in [0, 0.05) is 6.20 Å². The SMILES string of the molecule is CC(C)(C)Cc1ccnc(N)c1Br. The highest BCUT2D eigenvalue weighted by molar-refractivity contribution is 9.10. The molecule has 3 heteroatoms. The number of nitrogens with two attached hydrogens (primary N) is 1. The van der Waals surface area contributed by atoms with Gasteiger partial charge in [-0.05, 0) is 39.4 Å². The first-order valence-electron chi connectivity index (χ1n) is 4.29. The zero-order valence-electron chi connectivity index (χ0n) is 8.26. The summed E-state index contributed by atoms with van der Waals surface area (Å²) in [5.41, 5.74) is 7.18. The van der Waals surface area contributed by atoms with Crippen LogP contribution in [0.5, 0.6) is 0 Å². The highest BCUT2D eigenvalue weighted by Gasteiger charge is 2.14. The Labute approximate surface area is 87.7 Å². The average molecular weight is 243 g/mol. The van der Waals surface area contributed by atoms with E-state index in [2.05, 4.69) is 41.7 Å². The molecule has 0 spiro atoms. The summed E-state index contributed by atoms with van der Waals surface area (Å²) in [6.07, 6.45) is 2.75. The zero-order valence-corrected chi connectivity index (χ0v) is 9.85. The molecule has 1 aromatic rings. The average Bonchev–Trinajstić information content (AvgIpc) is 1.96. The summed E-state index contributed by atoms with van der Waals surface area (Å²) in [5.74, 6) is 0.571. The molecule has 2 nitrogen and oxygen atoms in total. The van der Waals surface area contributed by atoms with E-state index >= 15 is 0 Å². The number of aromatic nitrogens is 1. The molecule has 0 fully saturated rings. The van der Waals surface area contributed by atoms with E-state index in [1.165, 1.54) is 5.56 Å². The Morgan fingerprint density at radius 1 is 1.46 bits per heavy atom. The third-order valence-corrected chi connectivity index (χ3v) is 2.63. The highest BCUT2D eigenvalue weighted by atomic mass is 79.9. The molecule has 72 valence electrons. The molecule has 0 unspecified atom stereocenters. The smallest absolute Gasteiger partial charge is 0.137 e. The van der Waals surface area contributed by atoms with Gasteiger partial charge in [0.2, 0.25) is 0 Å². The van der Waals surface area contributed by atoms with Crippen molar-refractivity contribution >= 4 is 21.7 Å². The number of anilines is 1. The molecule has 0 saturated heterocycles. The first kappa shape index (κ1) is 10.5. The predicted molar refractivity (Wildman–Crippen MR) is 59.5 cm³/mol. The van der Waals surface area contributed by atoms with Crippen LogP contribution < -0.4 is 5.73 Å². The van der Waals surface area contributed by atoms with E-state index in [1.807, 2.05) is 6.07 Å². The van der Waals surface area contributed by atoms with E-state index in [9.17, 15) is 0 Å². The van der Waals surface area contributed by atoms with Crippen LogP contribution in [0, 0.1) is 5.41 Å². The molecular formula is C10H15BrN2. The van der Waals surface area contributed by atoms with Crippen LogP contribution in [0.4, 0.5) is 5.82 Å². The van der Waals surface area contributed by atoms with Gasteiger partial charge in [-0.3, -0.25) is 0 Å². The zero-order chi connectivity index (χ0) is 10.1. The molecule has 1 heterocycles. The topological polar surface area (TPSA) is 38.9 Å². The molecule has 13 heavy (non-hydrogen) atoms. The molecule has 2 N–H and O–H groups in total. The minimum Gasteiger partial charge on any atom is -0.383 e. The summed E-state index contributed by atoms with van der Waals surface area (Å²) in [6, 6.07) is 2.01. The Kier molecular flexibility index (Phi) is 2.96. The Hall–Kier alpha value is -0.570. The number of rotatable bonds is 1. The molecule has 0 amide bonds. The molecule has 0 aliphatic rings. The number of hydrogen-bond donors (Lipinski definition) is 1. The molecule has 0 bridgehead atoms. The van der Waals surface area contributed by atoms with Crippen molar-refractivity contribution in [3.8, 4) is 0 Å². The maximum Gasteiger partial charge on any atom is 0.137 e. The molecular weight excluding hydrogens is 228 g/mol. The Bertz CT molecular complexity index is 302. The van der Waals surface area contributed by atoms with Gasteiger partial charge >= 0.3 is 0 Å². The first-order chi connectivity index (χ1) is 5.90.